The molecule has 2 N–H and O–H groups in total. The van der Waals surface area contributed by atoms with Crippen molar-refractivity contribution < 1.29 is 9.90 Å². The van der Waals surface area contributed by atoms with Gasteiger partial charge in [0, 0.05) is 13.1 Å². The van der Waals surface area contributed by atoms with Gasteiger partial charge in [0.05, 0.1) is 5.92 Å². The summed E-state index contributed by atoms with van der Waals surface area (Å²) in [5, 5.41) is 12.7. The van der Waals surface area contributed by atoms with E-state index in [0.29, 0.717) is 24.3 Å². The molecule has 0 amide bonds. The van der Waals surface area contributed by atoms with Crippen molar-refractivity contribution in [2.24, 2.45) is 17.8 Å². The molecule has 22 heavy (non-hydrogen) atoms. The van der Waals surface area contributed by atoms with Crippen LogP contribution in [-0.4, -0.2) is 24.2 Å². The molecule has 1 aromatic carbocycles. The van der Waals surface area contributed by atoms with Crippen molar-refractivity contribution in [3.8, 4) is 0 Å². The molecule has 0 radical (unpaired) electrons. The third-order valence-electron chi connectivity index (χ3n) is 3.91. The summed E-state index contributed by atoms with van der Waals surface area (Å²) in [6.07, 6.45) is 1.83. The van der Waals surface area contributed by atoms with E-state index >= 15 is 0 Å². The first-order chi connectivity index (χ1) is 10.4. The SMILES string of the molecule is CC(C)CC(CNCC(CC(C)C)c1ccccc1)C(=O)O. The van der Waals surface area contributed by atoms with E-state index < -0.39 is 5.97 Å². The number of carboxylic acids is 1. The molecular weight excluding hydrogens is 274 g/mol. The van der Waals surface area contributed by atoms with Gasteiger partial charge in [0.25, 0.3) is 0 Å². The molecule has 3 heteroatoms. The summed E-state index contributed by atoms with van der Waals surface area (Å²) >= 11 is 0. The topological polar surface area (TPSA) is 49.3 Å². The number of carboxylic acid groups (broad SMARTS) is 1. The molecule has 0 saturated carbocycles. The van der Waals surface area contributed by atoms with Crippen LogP contribution in [0, 0.1) is 17.8 Å². The average Bonchev–Trinajstić information content (AvgIpc) is 2.45. The Morgan fingerprint density at radius 3 is 2.09 bits per heavy atom. The van der Waals surface area contributed by atoms with Crippen LogP contribution in [0.1, 0.15) is 52.0 Å². The summed E-state index contributed by atoms with van der Waals surface area (Å²) in [5.74, 6) is 0.480. The predicted molar refractivity (Wildman–Crippen MR) is 92.1 cm³/mol. The van der Waals surface area contributed by atoms with Gasteiger partial charge in [-0.15, -0.1) is 0 Å². The fourth-order valence-corrected chi connectivity index (χ4v) is 2.90. The zero-order valence-corrected chi connectivity index (χ0v) is 14.4. The predicted octanol–water partition coefficient (Wildman–Crippen LogP) is 4.15. The van der Waals surface area contributed by atoms with Crippen LogP contribution in [0.5, 0.6) is 0 Å². The Bertz CT molecular complexity index is 428. The molecule has 0 aliphatic heterocycles. The number of benzene rings is 1. The minimum atomic E-state index is -0.693. The highest BCUT2D eigenvalue weighted by atomic mass is 16.4. The van der Waals surface area contributed by atoms with E-state index in [9.17, 15) is 9.90 Å². The van der Waals surface area contributed by atoms with E-state index in [1.807, 2.05) is 6.07 Å². The summed E-state index contributed by atoms with van der Waals surface area (Å²) in [7, 11) is 0. The fourth-order valence-electron chi connectivity index (χ4n) is 2.90. The van der Waals surface area contributed by atoms with Crippen molar-refractivity contribution in [3.05, 3.63) is 35.9 Å². The van der Waals surface area contributed by atoms with Crippen molar-refractivity contribution >= 4 is 5.97 Å². The third kappa shape index (κ3) is 7.08. The van der Waals surface area contributed by atoms with Crippen LogP contribution in [0.25, 0.3) is 0 Å². The maximum Gasteiger partial charge on any atom is 0.307 e. The summed E-state index contributed by atoms with van der Waals surface area (Å²) in [4.78, 5) is 11.3. The second-order valence-electron chi connectivity index (χ2n) is 7.06. The summed E-state index contributed by atoms with van der Waals surface area (Å²) < 4.78 is 0. The number of hydrogen-bond acceptors (Lipinski definition) is 2. The van der Waals surface area contributed by atoms with Crippen LogP contribution in [0.2, 0.25) is 0 Å². The fraction of sp³-hybridized carbons (Fsp3) is 0.632. The molecular formula is C19H31NO2. The smallest absolute Gasteiger partial charge is 0.307 e. The lowest BCUT2D eigenvalue weighted by Gasteiger charge is -2.22. The first kappa shape index (κ1) is 18.7. The van der Waals surface area contributed by atoms with E-state index in [0.717, 1.165) is 19.4 Å². The quantitative estimate of drug-likeness (QED) is 0.682. The van der Waals surface area contributed by atoms with E-state index in [1.54, 1.807) is 0 Å². The average molecular weight is 305 g/mol. The van der Waals surface area contributed by atoms with Crippen molar-refractivity contribution in [3.63, 3.8) is 0 Å². The van der Waals surface area contributed by atoms with E-state index in [-0.39, 0.29) is 5.92 Å². The van der Waals surface area contributed by atoms with Gasteiger partial charge >= 0.3 is 5.97 Å². The van der Waals surface area contributed by atoms with Crippen LogP contribution < -0.4 is 5.32 Å². The second-order valence-corrected chi connectivity index (χ2v) is 7.06. The van der Waals surface area contributed by atoms with Crippen LogP contribution in [-0.2, 0) is 4.79 Å². The monoisotopic (exact) mass is 305 g/mol. The minimum Gasteiger partial charge on any atom is -0.481 e. The number of nitrogens with one attached hydrogen (secondary N) is 1. The Hall–Kier alpha value is -1.35. The molecule has 124 valence electrons. The summed E-state index contributed by atoms with van der Waals surface area (Å²) in [6, 6.07) is 10.5. The van der Waals surface area contributed by atoms with Crippen molar-refractivity contribution in [2.75, 3.05) is 13.1 Å². The lowest BCUT2D eigenvalue weighted by molar-refractivity contribution is -0.142. The van der Waals surface area contributed by atoms with Crippen LogP contribution in [0.3, 0.4) is 0 Å². The lowest BCUT2D eigenvalue weighted by Crippen LogP contribution is -2.32. The first-order valence-electron chi connectivity index (χ1n) is 8.38. The number of aliphatic carboxylic acids is 1. The maximum absolute atomic E-state index is 11.3. The molecule has 1 rings (SSSR count). The largest absolute Gasteiger partial charge is 0.481 e. The van der Waals surface area contributed by atoms with Crippen molar-refractivity contribution in [1.29, 1.82) is 0 Å². The van der Waals surface area contributed by atoms with E-state index in [1.165, 1.54) is 5.56 Å². The molecule has 1 aromatic rings. The molecule has 0 fully saturated rings. The molecule has 0 aliphatic carbocycles. The molecule has 2 unspecified atom stereocenters. The molecule has 0 bridgehead atoms. The molecule has 0 aliphatic rings. The highest BCUT2D eigenvalue weighted by molar-refractivity contribution is 5.70. The zero-order chi connectivity index (χ0) is 16.5. The van der Waals surface area contributed by atoms with E-state index in [4.69, 9.17) is 0 Å². The highest BCUT2D eigenvalue weighted by Gasteiger charge is 2.20. The van der Waals surface area contributed by atoms with Crippen LogP contribution in [0.4, 0.5) is 0 Å². The van der Waals surface area contributed by atoms with Gasteiger partial charge in [-0.1, -0.05) is 58.0 Å². The van der Waals surface area contributed by atoms with Gasteiger partial charge in [-0.2, -0.15) is 0 Å². The molecule has 0 aromatic heterocycles. The van der Waals surface area contributed by atoms with Gasteiger partial charge in [-0.05, 0) is 36.2 Å². The van der Waals surface area contributed by atoms with Gasteiger partial charge in [0.1, 0.15) is 0 Å². The molecule has 0 heterocycles. The maximum atomic E-state index is 11.3. The van der Waals surface area contributed by atoms with Crippen LogP contribution in [0.15, 0.2) is 30.3 Å². The molecule has 2 atom stereocenters. The Balaban J connectivity index is 2.58. The minimum absolute atomic E-state index is 0.296. The summed E-state index contributed by atoms with van der Waals surface area (Å²) in [5.41, 5.74) is 1.33. The molecule has 3 nitrogen and oxygen atoms in total. The number of hydrogen-bond donors (Lipinski definition) is 2. The number of rotatable bonds is 10. The Labute approximate surface area is 135 Å². The standard InChI is InChI=1S/C19H31NO2/c1-14(2)10-17(16-8-6-5-7-9-16)12-20-13-18(19(21)22)11-15(3)4/h5-9,14-15,17-18,20H,10-13H2,1-4H3,(H,21,22). The lowest BCUT2D eigenvalue weighted by atomic mass is 9.90. The Morgan fingerprint density at radius 2 is 1.59 bits per heavy atom. The van der Waals surface area contributed by atoms with Gasteiger partial charge in [-0.25, -0.2) is 0 Å². The molecule has 0 saturated heterocycles. The Morgan fingerprint density at radius 1 is 1.00 bits per heavy atom. The normalized spacial score (nSPS) is 14.3. The summed E-state index contributed by atoms with van der Waals surface area (Å²) in [6.45, 7) is 9.99. The highest BCUT2D eigenvalue weighted by Crippen LogP contribution is 2.23. The molecule has 0 spiro atoms. The zero-order valence-electron chi connectivity index (χ0n) is 14.4. The third-order valence-corrected chi connectivity index (χ3v) is 3.91. The van der Waals surface area contributed by atoms with Crippen molar-refractivity contribution in [2.45, 2.75) is 46.5 Å². The first-order valence-corrected chi connectivity index (χ1v) is 8.38. The van der Waals surface area contributed by atoms with Gasteiger partial charge in [0.15, 0.2) is 0 Å². The number of carbonyl (C=O) groups is 1. The van der Waals surface area contributed by atoms with Gasteiger partial charge in [0.2, 0.25) is 0 Å². The van der Waals surface area contributed by atoms with Crippen LogP contribution >= 0.6 is 0 Å². The van der Waals surface area contributed by atoms with Gasteiger partial charge < -0.3 is 10.4 Å². The Kier molecular flexibility index (Phi) is 8.18. The van der Waals surface area contributed by atoms with Gasteiger partial charge in [-0.3, -0.25) is 4.79 Å². The van der Waals surface area contributed by atoms with Crippen molar-refractivity contribution in [1.82, 2.24) is 5.32 Å². The second kappa shape index (κ2) is 9.62. The van der Waals surface area contributed by atoms with E-state index in [2.05, 4.69) is 57.3 Å².